The summed E-state index contributed by atoms with van der Waals surface area (Å²) in [6, 6.07) is 16.8. The number of anilines is 1. The van der Waals surface area contributed by atoms with Gasteiger partial charge in [0.05, 0.1) is 6.54 Å². The summed E-state index contributed by atoms with van der Waals surface area (Å²) in [5.74, 6) is 1.44. The Labute approximate surface area is 129 Å². The number of nitrogens with two attached hydrogens (primary N) is 1. The molecule has 0 saturated carbocycles. The minimum atomic E-state index is -0.0605. The largest absolute Gasteiger partial charge is 0.457 e. The minimum Gasteiger partial charge on any atom is -0.457 e. The lowest BCUT2D eigenvalue weighted by Gasteiger charge is -2.07. The van der Waals surface area contributed by atoms with E-state index in [1.807, 2.05) is 59.9 Å². The number of nitrogens with one attached hydrogen (secondary N) is 1. The molecule has 22 heavy (non-hydrogen) atoms. The van der Waals surface area contributed by atoms with Gasteiger partial charge in [0.25, 0.3) is 5.91 Å². The summed E-state index contributed by atoms with van der Waals surface area (Å²) in [6.07, 6.45) is 0.693. The smallest absolute Gasteiger partial charge is 0.279 e. The highest BCUT2D eigenvalue weighted by Gasteiger charge is 2.04. The van der Waals surface area contributed by atoms with Crippen LogP contribution in [0.1, 0.15) is 6.42 Å². The molecule has 0 aliphatic rings. The van der Waals surface area contributed by atoms with Crippen molar-refractivity contribution in [1.29, 1.82) is 0 Å². The van der Waals surface area contributed by atoms with Gasteiger partial charge >= 0.3 is 0 Å². The van der Waals surface area contributed by atoms with Gasteiger partial charge in [-0.15, -0.1) is 0 Å². The maximum absolute atomic E-state index is 11.7. The quantitative estimate of drug-likeness (QED) is 0.645. The van der Waals surface area contributed by atoms with Gasteiger partial charge in [0.2, 0.25) is 0 Å². The first-order valence-electron chi connectivity index (χ1n) is 7.33. The molecule has 116 valence electrons. The first-order valence-corrected chi connectivity index (χ1v) is 7.33. The van der Waals surface area contributed by atoms with Crippen molar-refractivity contribution in [3.63, 3.8) is 0 Å². The Morgan fingerprint density at radius 3 is 2.41 bits per heavy atom. The maximum Gasteiger partial charge on any atom is 0.279 e. The molecular weight excluding hydrogens is 280 g/mol. The number of carbonyl (C=O) groups excluding carboxylic acids is 1. The fraction of sp³-hybridized carbons (Fsp3) is 0.235. The molecule has 0 fully saturated rings. The third-order valence-corrected chi connectivity index (χ3v) is 3.01. The van der Waals surface area contributed by atoms with E-state index in [1.165, 1.54) is 0 Å². The van der Waals surface area contributed by atoms with Crippen LogP contribution in [0.4, 0.5) is 5.69 Å². The number of ether oxygens (including phenoxy) is 1. The molecule has 0 atom stereocenters. The van der Waals surface area contributed by atoms with Crippen molar-refractivity contribution >= 4 is 11.6 Å². The Balaban J connectivity index is 1.80. The Hall–Kier alpha value is -2.37. The van der Waals surface area contributed by atoms with Crippen LogP contribution in [0.5, 0.6) is 11.5 Å². The molecule has 0 aliphatic heterocycles. The van der Waals surface area contributed by atoms with Crippen LogP contribution in [0.25, 0.3) is 0 Å². The fourth-order valence-electron chi connectivity index (χ4n) is 1.91. The number of carbonyl (C=O) groups is 1. The van der Waals surface area contributed by atoms with Gasteiger partial charge in [-0.05, 0) is 36.4 Å². The molecule has 5 heteroatoms. The van der Waals surface area contributed by atoms with Crippen molar-refractivity contribution < 1.29 is 20.0 Å². The Morgan fingerprint density at radius 1 is 1.05 bits per heavy atom. The molecule has 0 unspecified atom stereocenters. The zero-order chi connectivity index (χ0) is 15.6. The number of rotatable bonds is 8. The Morgan fingerprint density at radius 2 is 1.73 bits per heavy atom. The predicted octanol–water partition coefficient (Wildman–Crippen LogP) is 1.36. The fourth-order valence-corrected chi connectivity index (χ4v) is 1.91. The number of para-hydroxylation sites is 1. The molecule has 1 amide bonds. The van der Waals surface area contributed by atoms with Gasteiger partial charge in [-0.1, -0.05) is 18.2 Å². The summed E-state index contributed by atoms with van der Waals surface area (Å²) >= 11 is 0. The Bertz CT molecular complexity index is 570. The van der Waals surface area contributed by atoms with E-state index in [9.17, 15) is 4.79 Å². The van der Waals surface area contributed by atoms with Crippen LogP contribution in [0.15, 0.2) is 54.6 Å². The van der Waals surface area contributed by atoms with E-state index in [0.717, 1.165) is 23.7 Å². The third kappa shape index (κ3) is 5.55. The van der Waals surface area contributed by atoms with Crippen LogP contribution >= 0.6 is 0 Å². The van der Waals surface area contributed by atoms with Crippen LogP contribution in [-0.4, -0.2) is 30.7 Å². The van der Waals surface area contributed by atoms with Crippen molar-refractivity contribution in [3.05, 3.63) is 54.6 Å². The second kappa shape index (κ2) is 8.81. The number of benzene rings is 2. The van der Waals surface area contributed by atoms with Crippen molar-refractivity contribution in [2.75, 3.05) is 25.0 Å². The zero-order valence-corrected chi connectivity index (χ0v) is 12.4. The van der Waals surface area contributed by atoms with Gasteiger partial charge in [0.15, 0.2) is 6.54 Å². The molecular formula is C17H21N2O3+. The SMILES string of the molecule is O=C(C[NH2+]CCCO)Nc1ccc(Oc2ccccc2)cc1. The number of amides is 1. The Kier molecular flexibility index (Phi) is 6.41. The molecule has 2 rings (SSSR count). The summed E-state index contributed by atoms with van der Waals surface area (Å²) in [5.41, 5.74) is 0.737. The normalized spacial score (nSPS) is 10.2. The highest BCUT2D eigenvalue weighted by Crippen LogP contribution is 2.22. The van der Waals surface area contributed by atoms with Gasteiger partial charge in [-0.3, -0.25) is 4.79 Å². The molecule has 4 N–H and O–H groups in total. The van der Waals surface area contributed by atoms with E-state index in [1.54, 1.807) is 0 Å². The molecule has 0 bridgehead atoms. The van der Waals surface area contributed by atoms with E-state index in [2.05, 4.69) is 5.32 Å². The third-order valence-electron chi connectivity index (χ3n) is 3.01. The lowest BCUT2D eigenvalue weighted by molar-refractivity contribution is -0.644. The van der Waals surface area contributed by atoms with E-state index < -0.39 is 0 Å². The van der Waals surface area contributed by atoms with Gasteiger partial charge in [0, 0.05) is 18.7 Å². The number of aliphatic hydroxyl groups excluding tert-OH is 1. The van der Waals surface area contributed by atoms with Crippen LogP contribution in [0.3, 0.4) is 0 Å². The van der Waals surface area contributed by atoms with Gasteiger partial charge in [0.1, 0.15) is 11.5 Å². The molecule has 5 nitrogen and oxygen atoms in total. The summed E-state index contributed by atoms with van der Waals surface area (Å²) in [5, 5.41) is 13.4. The number of aliphatic hydroxyl groups is 1. The lowest BCUT2D eigenvalue weighted by Crippen LogP contribution is -2.86. The van der Waals surface area contributed by atoms with Crippen LogP contribution in [-0.2, 0) is 4.79 Å². The average Bonchev–Trinajstić information content (AvgIpc) is 2.54. The van der Waals surface area contributed by atoms with Crippen molar-refractivity contribution in [1.82, 2.24) is 0 Å². The monoisotopic (exact) mass is 301 g/mol. The average molecular weight is 301 g/mol. The van der Waals surface area contributed by atoms with Crippen molar-refractivity contribution in [3.8, 4) is 11.5 Å². The van der Waals surface area contributed by atoms with Crippen molar-refractivity contribution in [2.45, 2.75) is 6.42 Å². The molecule has 0 aliphatic carbocycles. The van der Waals surface area contributed by atoms with E-state index in [-0.39, 0.29) is 12.5 Å². The van der Waals surface area contributed by atoms with Crippen LogP contribution < -0.4 is 15.4 Å². The van der Waals surface area contributed by atoms with Gasteiger partial charge in [-0.25, -0.2) is 0 Å². The second-order valence-corrected chi connectivity index (χ2v) is 4.85. The number of hydrogen-bond acceptors (Lipinski definition) is 3. The minimum absolute atomic E-state index is 0.0605. The summed E-state index contributed by atoms with van der Waals surface area (Å²) < 4.78 is 5.69. The van der Waals surface area contributed by atoms with Crippen LogP contribution in [0.2, 0.25) is 0 Å². The topological polar surface area (TPSA) is 75.2 Å². The van der Waals surface area contributed by atoms with E-state index in [4.69, 9.17) is 9.84 Å². The van der Waals surface area contributed by atoms with Crippen LogP contribution in [0, 0.1) is 0 Å². The summed E-state index contributed by atoms with van der Waals surface area (Å²) in [6.45, 7) is 1.25. The molecule has 2 aromatic rings. The second-order valence-electron chi connectivity index (χ2n) is 4.85. The molecule has 2 aromatic carbocycles. The number of quaternary nitrogens is 1. The molecule has 0 spiro atoms. The number of hydrogen-bond donors (Lipinski definition) is 3. The highest BCUT2D eigenvalue weighted by molar-refractivity contribution is 5.91. The maximum atomic E-state index is 11.7. The summed E-state index contributed by atoms with van der Waals surface area (Å²) in [4.78, 5) is 11.7. The predicted molar refractivity (Wildman–Crippen MR) is 84.9 cm³/mol. The molecule has 0 aromatic heterocycles. The van der Waals surface area contributed by atoms with E-state index >= 15 is 0 Å². The molecule has 0 saturated heterocycles. The first-order chi connectivity index (χ1) is 10.8. The van der Waals surface area contributed by atoms with E-state index in [0.29, 0.717) is 13.0 Å². The molecule has 0 heterocycles. The zero-order valence-electron chi connectivity index (χ0n) is 12.4. The van der Waals surface area contributed by atoms with Gasteiger partial charge < -0.3 is 20.5 Å². The summed E-state index contributed by atoms with van der Waals surface area (Å²) in [7, 11) is 0. The standard InChI is InChI=1S/C17H20N2O3/c20-12-4-11-18-13-17(21)19-14-7-9-16(10-8-14)22-15-5-2-1-3-6-15/h1-3,5-10,18,20H,4,11-13H2,(H,19,21)/p+1. The van der Waals surface area contributed by atoms with Crippen molar-refractivity contribution in [2.24, 2.45) is 0 Å². The first kappa shape index (κ1) is 16.0. The lowest BCUT2D eigenvalue weighted by atomic mass is 10.3. The molecule has 0 radical (unpaired) electrons. The highest BCUT2D eigenvalue weighted by atomic mass is 16.5. The van der Waals surface area contributed by atoms with Gasteiger partial charge in [-0.2, -0.15) is 0 Å².